The van der Waals surface area contributed by atoms with E-state index in [1.807, 2.05) is 17.5 Å². The predicted octanol–water partition coefficient (Wildman–Crippen LogP) is 0.871. The quantitative estimate of drug-likeness (QED) is 0.687. The molecule has 1 atom stereocenters. The summed E-state index contributed by atoms with van der Waals surface area (Å²) in [6, 6.07) is 3.85. The van der Waals surface area contributed by atoms with Gasteiger partial charge in [-0.15, -0.1) is 11.3 Å². The van der Waals surface area contributed by atoms with Crippen LogP contribution in [0, 0.1) is 0 Å². The Labute approximate surface area is 60.3 Å². The standard InChI is InChI=1S/C5H7NOS2/c6-9(7)4-5-2-1-3-8-5/h1-3H,4,6H2. The van der Waals surface area contributed by atoms with Gasteiger partial charge in [-0.05, 0) is 11.4 Å². The third kappa shape index (κ3) is 2.26. The number of nitrogens with two attached hydrogens (primary N) is 1. The van der Waals surface area contributed by atoms with E-state index >= 15 is 0 Å². The van der Waals surface area contributed by atoms with Crippen molar-refractivity contribution in [2.24, 2.45) is 5.14 Å². The second kappa shape index (κ2) is 3.10. The van der Waals surface area contributed by atoms with Crippen molar-refractivity contribution in [3.8, 4) is 0 Å². The zero-order valence-electron chi connectivity index (χ0n) is 4.74. The van der Waals surface area contributed by atoms with E-state index in [1.165, 1.54) is 0 Å². The molecule has 50 valence electrons. The molecule has 1 aromatic heterocycles. The van der Waals surface area contributed by atoms with Crippen LogP contribution in [0.2, 0.25) is 0 Å². The van der Waals surface area contributed by atoms with Crippen LogP contribution >= 0.6 is 11.3 Å². The first kappa shape index (κ1) is 6.92. The Hall–Kier alpha value is -0.190. The summed E-state index contributed by atoms with van der Waals surface area (Å²) in [6.07, 6.45) is 0. The summed E-state index contributed by atoms with van der Waals surface area (Å²) in [5.74, 6) is 0.484. The number of hydrogen-bond acceptors (Lipinski definition) is 2. The Kier molecular flexibility index (Phi) is 2.38. The largest absolute Gasteiger partial charge is 0.251 e. The zero-order chi connectivity index (χ0) is 6.69. The fraction of sp³-hybridized carbons (Fsp3) is 0.200. The van der Waals surface area contributed by atoms with Crippen molar-refractivity contribution < 1.29 is 4.21 Å². The molecule has 0 aromatic carbocycles. The molecule has 1 heterocycles. The lowest BCUT2D eigenvalue weighted by Crippen LogP contribution is -2.03. The average molecular weight is 161 g/mol. The lowest BCUT2D eigenvalue weighted by Gasteiger charge is -1.87. The molecule has 0 aliphatic carbocycles. The van der Waals surface area contributed by atoms with E-state index in [-0.39, 0.29) is 0 Å². The molecule has 1 rings (SSSR count). The summed E-state index contributed by atoms with van der Waals surface area (Å²) >= 11 is 1.58. The molecule has 0 fully saturated rings. The van der Waals surface area contributed by atoms with Gasteiger partial charge in [-0.2, -0.15) is 0 Å². The molecule has 0 aliphatic rings. The van der Waals surface area contributed by atoms with Crippen LogP contribution in [0.15, 0.2) is 17.5 Å². The molecule has 2 N–H and O–H groups in total. The highest BCUT2D eigenvalue weighted by molar-refractivity contribution is 7.82. The smallest absolute Gasteiger partial charge is 0.0941 e. The van der Waals surface area contributed by atoms with Crippen LogP contribution in [0.5, 0.6) is 0 Å². The van der Waals surface area contributed by atoms with Crippen molar-refractivity contribution in [1.29, 1.82) is 0 Å². The van der Waals surface area contributed by atoms with Crippen molar-refractivity contribution in [1.82, 2.24) is 0 Å². The lowest BCUT2D eigenvalue weighted by atomic mass is 10.5. The minimum absolute atomic E-state index is 0.484. The number of thiophene rings is 1. The molecular weight excluding hydrogens is 154 g/mol. The molecule has 4 heteroatoms. The normalized spacial score (nSPS) is 13.4. The first-order chi connectivity index (χ1) is 4.29. The Morgan fingerprint density at radius 3 is 3.00 bits per heavy atom. The number of hydrogen-bond donors (Lipinski definition) is 1. The molecule has 9 heavy (non-hydrogen) atoms. The van der Waals surface area contributed by atoms with Gasteiger partial charge in [0.05, 0.1) is 16.7 Å². The highest BCUT2D eigenvalue weighted by Crippen LogP contribution is 2.08. The van der Waals surface area contributed by atoms with E-state index in [4.69, 9.17) is 5.14 Å². The highest BCUT2D eigenvalue weighted by Gasteiger charge is 1.94. The van der Waals surface area contributed by atoms with E-state index in [9.17, 15) is 4.21 Å². The van der Waals surface area contributed by atoms with Crippen molar-refractivity contribution in [2.45, 2.75) is 5.75 Å². The van der Waals surface area contributed by atoms with Gasteiger partial charge in [-0.1, -0.05) is 6.07 Å². The number of rotatable bonds is 2. The van der Waals surface area contributed by atoms with Crippen LogP contribution in [0.25, 0.3) is 0 Å². The predicted molar refractivity (Wildman–Crippen MR) is 40.4 cm³/mol. The summed E-state index contributed by atoms with van der Waals surface area (Å²) in [6.45, 7) is 0. The van der Waals surface area contributed by atoms with Gasteiger partial charge in [0.2, 0.25) is 0 Å². The Balaban J connectivity index is 2.58. The Morgan fingerprint density at radius 2 is 2.56 bits per heavy atom. The fourth-order valence-electron chi connectivity index (χ4n) is 0.535. The van der Waals surface area contributed by atoms with Crippen molar-refractivity contribution >= 4 is 22.3 Å². The van der Waals surface area contributed by atoms with Gasteiger partial charge in [-0.3, -0.25) is 5.14 Å². The summed E-state index contributed by atoms with van der Waals surface area (Å²) < 4.78 is 10.4. The fourth-order valence-corrected chi connectivity index (χ4v) is 2.02. The molecule has 0 spiro atoms. The molecule has 0 saturated heterocycles. The molecule has 0 amide bonds. The van der Waals surface area contributed by atoms with Crippen LogP contribution in [0.1, 0.15) is 4.88 Å². The van der Waals surface area contributed by atoms with E-state index in [1.54, 1.807) is 11.3 Å². The van der Waals surface area contributed by atoms with E-state index < -0.39 is 11.0 Å². The van der Waals surface area contributed by atoms with Crippen LogP contribution in [-0.4, -0.2) is 4.21 Å². The van der Waals surface area contributed by atoms with Crippen LogP contribution in [-0.2, 0) is 16.7 Å². The Bertz CT molecular complexity index is 195. The maximum atomic E-state index is 10.4. The Morgan fingerprint density at radius 1 is 1.78 bits per heavy atom. The minimum Gasteiger partial charge on any atom is -0.251 e. The van der Waals surface area contributed by atoms with Gasteiger partial charge in [0.15, 0.2) is 0 Å². The van der Waals surface area contributed by atoms with E-state index in [0.717, 1.165) is 4.88 Å². The first-order valence-electron chi connectivity index (χ1n) is 2.44. The minimum atomic E-state index is -1.18. The molecule has 0 saturated carbocycles. The second-order valence-corrected chi connectivity index (χ2v) is 3.69. The van der Waals surface area contributed by atoms with Crippen LogP contribution in [0.4, 0.5) is 0 Å². The highest BCUT2D eigenvalue weighted by atomic mass is 32.2. The topological polar surface area (TPSA) is 43.1 Å². The average Bonchev–Trinajstić information content (AvgIpc) is 2.15. The maximum Gasteiger partial charge on any atom is 0.0941 e. The van der Waals surface area contributed by atoms with E-state index in [0.29, 0.717) is 5.75 Å². The molecule has 2 nitrogen and oxygen atoms in total. The van der Waals surface area contributed by atoms with Gasteiger partial charge in [0.1, 0.15) is 0 Å². The van der Waals surface area contributed by atoms with Crippen molar-refractivity contribution in [2.75, 3.05) is 0 Å². The lowest BCUT2D eigenvalue weighted by molar-refractivity contribution is 0.684. The van der Waals surface area contributed by atoms with Gasteiger partial charge in [0, 0.05) is 4.88 Å². The molecule has 0 radical (unpaired) electrons. The maximum absolute atomic E-state index is 10.4. The molecule has 1 aromatic rings. The summed E-state index contributed by atoms with van der Waals surface area (Å²) in [5, 5.41) is 7.01. The molecular formula is C5H7NOS2. The summed E-state index contributed by atoms with van der Waals surface area (Å²) in [7, 11) is -1.18. The monoisotopic (exact) mass is 161 g/mol. The summed E-state index contributed by atoms with van der Waals surface area (Å²) in [5.41, 5.74) is 0. The molecule has 1 unspecified atom stereocenters. The summed E-state index contributed by atoms with van der Waals surface area (Å²) in [4.78, 5) is 1.08. The van der Waals surface area contributed by atoms with Gasteiger partial charge >= 0.3 is 0 Å². The second-order valence-electron chi connectivity index (χ2n) is 1.60. The van der Waals surface area contributed by atoms with Crippen LogP contribution < -0.4 is 5.14 Å². The van der Waals surface area contributed by atoms with Crippen LogP contribution in [0.3, 0.4) is 0 Å². The van der Waals surface area contributed by atoms with Crippen molar-refractivity contribution in [3.05, 3.63) is 22.4 Å². The van der Waals surface area contributed by atoms with Gasteiger partial charge in [0.25, 0.3) is 0 Å². The third-order valence-electron chi connectivity index (χ3n) is 0.865. The first-order valence-corrected chi connectivity index (χ1v) is 4.70. The van der Waals surface area contributed by atoms with E-state index in [2.05, 4.69) is 0 Å². The molecule has 0 bridgehead atoms. The zero-order valence-corrected chi connectivity index (χ0v) is 6.37. The molecule has 0 aliphatic heterocycles. The van der Waals surface area contributed by atoms with Crippen molar-refractivity contribution in [3.63, 3.8) is 0 Å². The van der Waals surface area contributed by atoms with Gasteiger partial charge < -0.3 is 0 Å². The third-order valence-corrected chi connectivity index (χ3v) is 2.52. The van der Waals surface area contributed by atoms with Gasteiger partial charge in [-0.25, -0.2) is 4.21 Å². The SMILES string of the molecule is NS(=O)Cc1cccs1.